The highest BCUT2D eigenvalue weighted by Crippen LogP contribution is 2.19. The lowest BCUT2D eigenvalue weighted by atomic mass is 10.2. The van der Waals surface area contributed by atoms with Gasteiger partial charge in [0.05, 0.1) is 5.69 Å². The summed E-state index contributed by atoms with van der Waals surface area (Å²) < 4.78 is 1.79. The number of benzene rings is 1. The van der Waals surface area contributed by atoms with Crippen molar-refractivity contribution in [3.63, 3.8) is 0 Å². The van der Waals surface area contributed by atoms with Gasteiger partial charge in [0.25, 0.3) is 0 Å². The molecule has 0 aliphatic rings. The lowest BCUT2D eigenvalue weighted by Crippen LogP contribution is -2.24. The number of rotatable bonds is 4. The molecule has 1 aromatic carbocycles. The third-order valence-electron chi connectivity index (χ3n) is 3.53. The zero-order chi connectivity index (χ0) is 18.5. The second-order valence-corrected chi connectivity index (χ2v) is 5.68. The van der Waals surface area contributed by atoms with Gasteiger partial charge in [0.15, 0.2) is 5.15 Å². The Hall–Kier alpha value is -3.32. The van der Waals surface area contributed by atoms with E-state index in [2.05, 4.69) is 20.9 Å². The molecular weight excluding hydrogens is 354 g/mol. The Bertz CT molecular complexity index is 996. The number of urea groups is 1. The van der Waals surface area contributed by atoms with Gasteiger partial charge in [-0.15, -0.1) is 0 Å². The SMILES string of the molecule is CNC(=O)Nc1cccc(NC(=O)/C=C/c2c(Cl)nc3ccccn23)c1. The van der Waals surface area contributed by atoms with Gasteiger partial charge in [-0.25, -0.2) is 9.78 Å². The number of carbonyl (C=O) groups excluding carboxylic acids is 2. The van der Waals surface area contributed by atoms with E-state index < -0.39 is 0 Å². The maximum Gasteiger partial charge on any atom is 0.318 e. The summed E-state index contributed by atoms with van der Waals surface area (Å²) in [5.74, 6) is -0.330. The molecule has 3 amide bonds. The molecule has 0 atom stereocenters. The number of halogens is 1. The predicted octanol–water partition coefficient (Wildman–Crippen LogP) is 3.39. The van der Waals surface area contributed by atoms with E-state index in [9.17, 15) is 9.59 Å². The van der Waals surface area contributed by atoms with Crippen LogP contribution in [0.2, 0.25) is 5.15 Å². The van der Waals surface area contributed by atoms with Crippen molar-refractivity contribution in [2.45, 2.75) is 0 Å². The van der Waals surface area contributed by atoms with Crippen molar-refractivity contribution in [1.82, 2.24) is 14.7 Å². The summed E-state index contributed by atoms with van der Waals surface area (Å²) >= 11 is 6.13. The van der Waals surface area contributed by atoms with E-state index in [0.717, 1.165) is 0 Å². The predicted molar refractivity (Wildman–Crippen MR) is 102 cm³/mol. The molecule has 26 heavy (non-hydrogen) atoms. The highest BCUT2D eigenvalue weighted by Gasteiger charge is 2.07. The smallest absolute Gasteiger partial charge is 0.318 e. The Kier molecular flexibility index (Phi) is 5.19. The average molecular weight is 370 g/mol. The number of carbonyl (C=O) groups is 2. The van der Waals surface area contributed by atoms with Crippen LogP contribution in [-0.2, 0) is 4.79 Å². The normalized spacial score (nSPS) is 10.8. The van der Waals surface area contributed by atoms with Gasteiger partial charge in [-0.05, 0) is 36.4 Å². The monoisotopic (exact) mass is 369 g/mol. The molecule has 0 saturated carbocycles. The minimum absolute atomic E-state index is 0.317. The van der Waals surface area contributed by atoms with Crippen LogP contribution in [-0.4, -0.2) is 28.4 Å². The zero-order valence-corrected chi connectivity index (χ0v) is 14.6. The third kappa shape index (κ3) is 4.01. The molecule has 0 aliphatic heterocycles. The molecule has 2 heterocycles. The standard InChI is InChI=1S/C18H16ClN5O2/c1-20-18(26)22-13-6-4-5-12(11-13)21-16(25)9-8-14-17(19)23-15-7-2-3-10-24(14)15/h2-11H,1H3,(H,21,25)(H2,20,22,26)/b9-8+. The van der Waals surface area contributed by atoms with Crippen molar-refractivity contribution in [3.8, 4) is 0 Å². The molecule has 0 radical (unpaired) electrons. The number of fused-ring (bicyclic) bond motifs is 1. The summed E-state index contributed by atoms with van der Waals surface area (Å²) in [6.07, 6.45) is 4.80. The number of hydrogen-bond donors (Lipinski definition) is 3. The van der Waals surface area contributed by atoms with Crippen molar-refractivity contribution in [2.75, 3.05) is 17.7 Å². The van der Waals surface area contributed by atoms with Gasteiger partial charge in [-0.3, -0.25) is 9.20 Å². The van der Waals surface area contributed by atoms with Crippen molar-refractivity contribution in [2.24, 2.45) is 0 Å². The maximum absolute atomic E-state index is 12.2. The summed E-state index contributed by atoms with van der Waals surface area (Å²) in [6.45, 7) is 0. The van der Waals surface area contributed by atoms with E-state index in [0.29, 0.717) is 27.9 Å². The Morgan fingerprint density at radius 2 is 1.88 bits per heavy atom. The first-order valence-corrected chi connectivity index (χ1v) is 8.15. The van der Waals surface area contributed by atoms with E-state index in [4.69, 9.17) is 11.6 Å². The molecule has 0 spiro atoms. The minimum Gasteiger partial charge on any atom is -0.341 e. The molecule has 0 aliphatic carbocycles. The van der Waals surface area contributed by atoms with Crippen LogP contribution in [0.1, 0.15) is 5.69 Å². The molecule has 3 N–H and O–H groups in total. The number of pyridine rings is 1. The second kappa shape index (κ2) is 7.71. The largest absolute Gasteiger partial charge is 0.341 e. The van der Waals surface area contributed by atoms with E-state index in [1.807, 2.05) is 24.4 Å². The fraction of sp³-hybridized carbons (Fsp3) is 0.0556. The summed E-state index contributed by atoms with van der Waals surface area (Å²) in [7, 11) is 1.52. The lowest BCUT2D eigenvalue weighted by molar-refractivity contribution is -0.111. The number of nitrogens with one attached hydrogen (secondary N) is 3. The molecule has 0 fully saturated rings. The number of amides is 3. The summed E-state index contributed by atoms with van der Waals surface area (Å²) in [6, 6.07) is 12.0. The Balaban J connectivity index is 1.72. The maximum atomic E-state index is 12.2. The van der Waals surface area contributed by atoms with Crippen LogP contribution >= 0.6 is 11.6 Å². The number of aromatic nitrogens is 2. The van der Waals surface area contributed by atoms with E-state index in [-0.39, 0.29) is 11.9 Å². The zero-order valence-electron chi connectivity index (χ0n) is 13.9. The van der Waals surface area contributed by atoms with Crippen LogP contribution in [0.25, 0.3) is 11.7 Å². The first kappa shape index (κ1) is 17.5. The average Bonchev–Trinajstić information content (AvgIpc) is 2.95. The first-order valence-electron chi connectivity index (χ1n) is 7.77. The highest BCUT2D eigenvalue weighted by atomic mass is 35.5. The summed E-state index contributed by atoms with van der Waals surface area (Å²) in [4.78, 5) is 27.7. The fourth-order valence-electron chi connectivity index (χ4n) is 2.34. The molecule has 0 saturated heterocycles. The van der Waals surface area contributed by atoms with Crippen molar-refractivity contribution in [3.05, 3.63) is 65.6 Å². The highest BCUT2D eigenvalue weighted by molar-refractivity contribution is 6.31. The van der Waals surface area contributed by atoms with Gasteiger partial charge in [-0.1, -0.05) is 23.7 Å². The van der Waals surface area contributed by atoms with Crippen LogP contribution in [0.3, 0.4) is 0 Å². The Morgan fingerprint density at radius 3 is 2.65 bits per heavy atom. The van der Waals surface area contributed by atoms with Gasteiger partial charge in [0.1, 0.15) is 5.65 Å². The van der Waals surface area contributed by atoms with Gasteiger partial charge in [-0.2, -0.15) is 0 Å². The van der Waals surface area contributed by atoms with Crippen LogP contribution < -0.4 is 16.0 Å². The van der Waals surface area contributed by atoms with Crippen molar-refractivity contribution in [1.29, 1.82) is 0 Å². The van der Waals surface area contributed by atoms with Crippen molar-refractivity contribution >= 4 is 46.6 Å². The minimum atomic E-state index is -0.337. The van der Waals surface area contributed by atoms with Crippen LogP contribution in [0.4, 0.5) is 16.2 Å². The quantitative estimate of drug-likeness (QED) is 0.616. The van der Waals surface area contributed by atoms with E-state index in [1.54, 1.807) is 34.7 Å². The van der Waals surface area contributed by atoms with Crippen LogP contribution in [0.15, 0.2) is 54.7 Å². The molecule has 0 bridgehead atoms. The van der Waals surface area contributed by atoms with Gasteiger partial charge in [0.2, 0.25) is 5.91 Å². The van der Waals surface area contributed by atoms with Gasteiger partial charge in [0, 0.05) is 30.7 Å². The molecule has 8 heteroatoms. The van der Waals surface area contributed by atoms with Crippen molar-refractivity contribution < 1.29 is 9.59 Å². The van der Waals surface area contributed by atoms with Crippen LogP contribution in [0, 0.1) is 0 Å². The topological polar surface area (TPSA) is 87.5 Å². The fourth-order valence-corrected chi connectivity index (χ4v) is 2.58. The molecule has 3 rings (SSSR count). The molecular formula is C18H16ClN5O2. The molecule has 0 unspecified atom stereocenters. The lowest BCUT2D eigenvalue weighted by Gasteiger charge is -2.07. The van der Waals surface area contributed by atoms with E-state index >= 15 is 0 Å². The molecule has 2 aromatic heterocycles. The second-order valence-electron chi connectivity index (χ2n) is 5.32. The number of hydrogen-bond acceptors (Lipinski definition) is 3. The summed E-state index contributed by atoms with van der Waals surface area (Å²) in [5, 5.41) is 8.15. The third-order valence-corrected chi connectivity index (χ3v) is 3.81. The van der Waals surface area contributed by atoms with Gasteiger partial charge >= 0.3 is 6.03 Å². The molecule has 132 valence electrons. The summed E-state index contributed by atoms with van der Waals surface area (Å²) in [5.41, 5.74) is 2.44. The van der Waals surface area contributed by atoms with Gasteiger partial charge < -0.3 is 16.0 Å². The Morgan fingerprint density at radius 1 is 1.12 bits per heavy atom. The number of nitrogens with zero attached hydrogens (tertiary/aromatic N) is 2. The first-order chi connectivity index (χ1) is 12.6. The number of anilines is 2. The number of imidazole rings is 1. The van der Waals surface area contributed by atoms with Crippen LogP contribution in [0.5, 0.6) is 0 Å². The van der Waals surface area contributed by atoms with E-state index in [1.165, 1.54) is 13.1 Å². The Labute approximate surface area is 154 Å². The molecule has 3 aromatic rings. The molecule has 7 nitrogen and oxygen atoms in total.